The molecule has 0 atom stereocenters. The summed E-state index contributed by atoms with van der Waals surface area (Å²) in [5.74, 6) is 2.44. The van der Waals surface area contributed by atoms with Gasteiger partial charge in [-0.1, -0.05) is 25.9 Å². The Morgan fingerprint density at radius 2 is 2.00 bits per heavy atom. The highest BCUT2D eigenvalue weighted by atomic mass is 16.5. The Labute approximate surface area is 155 Å². The first-order valence-electron chi connectivity index (χ1n) is 8.94. The van der Waals surface area contributed by atoms with Crippen molar-refractivity contribution >= 4 is 5.91 Å². The lowest BCUT2D eigenvalue weighted by molar-refractivity contribution is -0.132. The molecular formula is C20H28N2O4. The molecule has 0 N–H and O–H groups in total. The number of carbonyl (C=O) groups excluding carboxylic acids is 1. The van der Waals surface area contributed by atoms with Crippen LogP contribution in [0.5, 0.6) is 11.5 Å². The Balaban J connectivity index is 2.19. The molecule has 0 bridgehead atoms. The van der Waals surface area contributed by atoms with Gasteiger partial charge >= 0.3 is 0 Å². The monoisotopic (exact) mass is 360 g/mol. The van der Waals surface area contributed by atoms with Crippen LogP contribution in [0.15, 0.2) is 28.8 Å². The summed E-state index contributed by atoms with van der Waals surface area (Å²) in [6, 6.07) is 7.37. The van der Waals surface area contributed by atoms with E-state index in [-0.39, 0.29) is 5.91 Å². The van der Waals surface area contributed by atoms with E-state index in [1.54, 1.807) is 20.3 Å². The van der Waals surface area contributed by atoms with Crippen molar-refractivity contribution in [3.05, 3.63) is 30.0 Å². The zero-order valence-corrected chi connectivity index (χ0v) is 16.2. The van der Waals surface area contributed by atoms with Gasteiger partial charge in [-0.25, -0.2) is 0 Å². The van der Waals surface area contributed by atoms with E-state index in [0.29, 0.717) is 42.7 Å². The number of nitrogens with zero attached hydrogens (tertiary/aromatic N) is 2. The average Bonchev–Trinajstić information content (AvgIpc) is 3.08. The minimum atomic E-state index is 0.147. The van der Waals surface area contributed by atoms with Crippen molar-refractivity contribution in [3.63, 3.8) is 0 Å². The molecule has 0 aliphatic heterocycles. The average molecular weight is 360 g/mol. The Morgan fingerprint density at radius 1 is 1.23 bits per heavy atom. The molecule has 142 valence electrons. The molecule has 0 aliphatic rings. The molecular weight excluding hydrogens is 332 g/mol. The molecule has 0 fully saturated rings. The number of aromatic nitrogens is 1. The van der Waals surface area contributed by atoms with Gasteiger partial charge in [0, 0.05) is 25.1 Å². The van der Waals surface area contributed by atoms with Gasteiger partial charge in [0.2, 0.25) is 5.91 Å². The minimum Gasteiger partial charge on any atom is -0.497 e. The Bertz CT molecular complexity index is 724. The van der Waals surface area contributed by atoms with Crippen molar-refractivity contribution in [1.29, 1.82) is 0 Å². The second-order valence-corrected chi connectivity index (χ2v) is 6.66. The van der Waals surface area contributed by atoms with E-state index < -0.39 is 0 Å². The van der Waals surface area contributed by atoms with Gasteiger partial charge in [0.05, 0.1) is 26.3 Å². The molecule has 26 heavy (non-hydrogen) atoms. The number of hydrogen-bond donors (Lipinski definition) is 0. The number of amides is 1. The maximum absolute atomic E-state index is 12.4. The maximum Gasteiger partial charge on any atom is 0.223 e. The molecule has 0 saturated heterocycles. The van der Waals surface area contributed by atoms with Crippen LogP contribution >= 0.6 is 0 Å². The second kappa shape index (κ2) is 9.27. The standard InChI is InChI=1S/C20H28N2O4/c1-6-9-22(20(23)10-14(2)3)13-15-11-19(26-21-15)17-8-7-16(24-4)12-18(17)25-5/h7-8,11-12,14H,6,9-10,13H2,1-5H3. The topological polar surface area (TPSA) is 64.8 Å². The number of hydrogen-bond acceptors (Lipinski definition) is 5. The maximum atomic E-state index is 12.4. The second-order valence-electron chi connectivity index (χ2n) is 6.66. The third-order valence-corrected chi connectivity index (χ3v) is 4.02. The van der Waals surface area contributed by atoms with Crippen molar-refractivity contribution in [2.24, 2.45) is 5.92 Å². The van der Waals surface area contributed by atoms with Gasteiger partial charge < -0.3 is 18.9 Å². The van der Waals surface area contributed by atoms with Crippen molar-refractivity contribution in [2.45, 2.75) is 40.2 Å². The lowest BCUT2D eigenvalue weighted by Crippen LogP contribution is -2.32. The summed E-state index contributed by atoms with van der Waals surface area (Å²) < 4.78 is 16.1. The summed E-state index contributed by atoms with van der Waals surface area (Å²) in [4.78, 5) is 14.3. The van der Waals surface area contributed by atoms with Crippen LogP contribution in [0.25, 0.3) is 11.3 Å². The molecule has 6 nitrogen and oxygen atoms in total. The van der Waals surface area contributed by atoms with Gasteiger partial charge in [0.15, 0.2) is 5.76 Å². The summed E-state index contributed by atoms with van der Waals surface area (Å²) in [7, 11) is 3.21. The summed E-state index contributed by atoms with van der Waals surface area (Å²) in [6.07, 6.45) is 1.44. The molecule has 1 aromatic heterocycles. The molecule has 1 aromatic carbocycles. The lowest BCUT2D eigenvalue weighted by Gasteiger charge is -2.21. The third-order valence-electron chi connectivity index (χ3n) is 4.02. The van der Waals surface area contributed by atoms with E-state index in [0.717, 1.165) is 17.7 Å². The predicted octanol–water partition coefficient (Wildman–Crippen LogP) is 4.14. The molecule has 6 heteroatoms. The van der Waals surface area contributed by atoms with Crippen molar-refractivity contribution in [2.75, 3.05) is 20.8 Å². The van der Waals surface area contributed by atoms with Crippen molar-refractivity contribution < 1.29 is 18.8 Å². The number of carbonyl (C=O) groups is 1. The van der Waals surface area contributed by atoms with Crippen LogP contribution in [0.4, 0.5) is 0 Å². The molecule has 2 rings (SSSR count). The van der Waals surface area contributed by atoms with Gasteiger partial charge in [-0.05, 0) is 24.5 Å². The van der Waals surface area contributed by atoms with Gasteiger partial charge in [-0.15, -0.1) is 0 Å². The van der Waals surface area contributed by atoms with Crippen LogP contribution in [-0.4, -0.2) is 36.7 Å². The quantitative estimate of drug-likeness (QED) is 0.672. The number of rotatable bonds is 9. The fourth-order valence-corrected chi connectivity index (χ4v) is 2.75. The number of methoxy groups -OCH3 is 2. The van der Waals surface area contributed by atoms with E-state index in [9.17, 15) is 4.79 Å². The molecule has 0 saturated carbocycles. The molecule has 0 unspecified atom stereocenters. The fraction of sp³-hybridized carbons (Fsp3) is 0.500. The molecule has 1 heterocycles. The van der Waals surface area contributed by atoms with Crippen LogP contribution in [-0.2, 0) is 11.3 Å². The number of ether oxygens (including phenoxy) is 2. The van der Waals surface area contributed by atoms with E-state index >= 15 is 0 Å². The first kappa shape index (κ1) is 19.8. The van der Waals surface area contributed by atoms with E-state index in [2.05, 4.69) is 12.1 Å². The zero-order valence-electron chi connectivity index (χ0n) is 16.2. The number of benzene rings is 1. The van der Waals surface area contributed by atoms with E-state index in [4.69, 9.17) is 14.0 Å². The van der Waals surface area contributed by atoms with Crippen LogP contribution in [0, 0.1) is 5.92 Å². The molecule has 2 aromatic rings. The van der Waals surface area contributed by atoms with Gasteiger partial charge in [0.25, 0.3) is 0 Å². The van der Waals surface area contributed by atoms with Gasteiger partial charge in [0.1, 0.15) is 17.2 Å². The minimum absolute atomic E-state index is 0.147. The first-order valence-corrected chi connectivity index (χ1v) is 8.94. The highest BCUT2D eigenvalue weighted by molar-refractivity contribution is 5.76. The van der Waals surface area contributed by atoms with Gasteiger partial charge in [-0.3, -0.25) is 4.79 Å². The highest BCUT2D eigenvalue weighted by Crippen LogP contribution is 2.33. The van der Waals surface area contributed by atoms with Crippen LogP contribution in [0.3, 0.4) is 0 Å². The summed E-state index contributed by atoms with van der Waals surface area (Å²) in [6.45, 7) is 7.31. The first-order chi connectivity index (χ1) is 12.5. The smallest absolute Gasteiger partial charge is 0.223 e. The van der Waals surface area contributed by atoms with Crippen molar-refractivity contribution in [1.82, 2.24) is 10.1 Å². The normalized spacial score (nSPS) is 10.8. The van der Waals surface area contributed by atoms with Crippen LogP contribution in [0.2, 0.25) is 0 Å². The van der Waals surface area contributed by atoms with Crippen LogP contribution < -0.4 is 9.47 Å². The molecule has 0 radical (unpaired) electrons. The molecule has 0 spiro atoms. The fourth-order valence-electron chi connectivity index (χ4n) is 2.75. The summed E-state index contributed by atoms with van der Waals surface area (Å²) in [5, 5.41) is 4.14. The zero-order chi connectivity index (χ0) is 19.1. The van der Waals surface area contributed by atoms with Gasteiger partial charge in [-0.2, -0.15) is 0 Å². The molecule has 1 amide bonds. The largest absolute Gasteiger partial charge is 0.497 e. The summed E-state index contributed by atoms with van der Waals surface area (Å²) >= 11 is 0. The van der Waals surface area contributed by atoms with Crippen LogP contribution in [0.1, 0.15) is 39.3 Å². The Kier molecular flexibility index (Phi) is 7.06. The predicted molar refractivity (Wildman–Crippen MR) is 100 cm³/mol. The molecule has 0 aliphatic carbocycles. The SMILES string of the molecule is CCCN(Cc1cc(-c2ccc(OC)cc2OC)on1)C(=O)CC(C)C. The lowest BCUT2D eigenvalue weighted by atomic mass is 10.1. The summed E-state index contributed by atoms with van der Waals surface area (Å²) in [5.41, 5.74) is 1.52. The third kappa shape index (κ3) is 5.00. The Morgan fingerprint density at radius 3 is 2.62 bits per heavy atom. The highest BCUT2D eigenvalue weighted by Gasteiger charge is 2.18. The van der Waals surface area contributed by atoms with E-state index in [1.165, 1.54) is 0 Å². The Hall–Kier alpha value is -2.50. The van der Waals surface area contributed by atoms with Crippen molar-refractivity contribution in [3.8, 4) is 22.8 Å². The van der Waals surface area contributed by atoms with E-state index in [1.807, 2.05) is 36.9 Å².